The summed E-state index contributed by atoms with van der Waals surface area (Å²) in [6.07, 6.45) is 4.99. The van der Waals surface area contributed by atoms with Crippen molar-refractivity contribution in [3.63, 3.8) is 0 Å². The van der Waals surface area contributed by atoms with Crippen molar-refractivity contribution >= 4 is 22.7 Å². The molecule has 5 rings (SSSR count). The molecule has 1 saturated carbocycles. The Balaban J connectivity index is 1.31. The number of aliphatic hydroxyl groups is 1. The maximum absolute atomic E-state index is 12.9. The van der Waals surface area contributed by atoms with Crippen LogP contribution in [0.4, 0.5) is 0 Å². The number of carbonyl (C=O) groups excluding carboxylic acids is 2. The first-order valence-electron chi connectivity index (χ1n) is 11.8. The van der Waals surface area contributed by atoms with Crippen LogP contribution in [0.25, 0.3) is 11.0 Å². The number of aliphatic hydroxyl groups excluding tert-OH is 1. The molecule has 1 saturated heterocycles. The number of nitrogens with one attached hydrogen (secondary N) is 1. The van der Waals surface area contributed by atoms with Gasteiger partial charge in [0.1, 0.15) is 17.8 Å². The number of likely N-dealkylation sites (tertiary alicyclic amines) is 1. The van der Waals surface area contributed by atoms with Gasteiger partial charge in [0, 0.05) is 29.8 Å². The predicted molar refractivity (Wildman–Crippen MR) is 126 cm³/mol. The zero-order chi connectivity index (χ0) is 23.7. The summed E-state index contributed by atoms with van der Waals surface area (Å²) in [7, 11) is 0. The molecule has 2 fully saturated rings. The topological polar surface area (TPSA) is 105 Å². The average molecular weight is 464 g/mol. The second-order valence-electron chi connectivity index (χ2n) is 9.26. The van der Waals surface area contributed by atoms with Crippen LogP contribution in [0, 0.1) is 6.92 Å². The average Bonchev–Trinajstić information content (AvgIpc) is 3.31. The van der Waals surface area contributed by atoms with Gasteiger partial charge in [-0.3, -0.25) is 9.59 Å². The van der Waals surface area contributed by atoms with Gasteiger partial charge in [0.2, 0.25) is 5.88 Å². The maximum Gasteiger partial charge on any atom is 0.296 e. The molecule has 8 nitrogen and oxygen atoms in total. The molecule has 2 aromatic heterocycles. The van der Waals surface area contributed by atoms with Crippen molar-refractivity contribution in [1.82, 2.24) is 15.2 Å². The minimum atomic E-state index is -1.03. The molecule has 34 heavy (non-hydrogen) atoms. The zero-order valence-corrected chi connectivity index (χ0v) is 19.2. The predicted octanol–water partition coefficient (Wildman–Crippen LogP) is 3.17. The van der Waals surface area contributed by atoms with E-state index in [0.717, 1.165) is 49.7 Å². The van der Waals surface area contributed by atoms with Gasteiger partial charge in [0.15, 0.2) is 5.76 Å². The third-order valence-electron chi connectivity index (χ3n) is 6.37. The fraction of sp³-hybridized carbons (Fsp3) is 0.423. The molecule has 0 radical (unpaired) electrons. The first-order valence-corrected chi connectivity index (χ1v) is 11.8. The van der Waals surface area contributed by atoms with Crippen molar-refractivity contribution in [2.75, 3.05) is 19.6 Å². The molecular formula is C26H29N3O5. The fourth-order valence-electron chi connectivity index (χ4n) is 4.31. The van der Waals surface area contributed by atoms with E-state index >= 15 is 0 Å². The number of amides is 1. The van der Waals surface area contributed by atoms with Crippen LogP contribution in [0.1, 0.15) is 53.5 Å². The highest BCUT2D eigenvalue weighted by Gasteiger charge is 2.31. The van der Waals surface area contributed by atoms with E-state index in [4.69, 9.17) is 9.15 Å². The van der Waals surface area contributed by atoms with E-state index in [2.05, 4.69) is 15.2 Å². The maximum atomic E-state index is 12.9. The Labute approximate surface area is 197 Å². The van der Waals surface area contributed by atoms with Crippen molar-refractivity contribution in [3.05, 3.63) is 59.5 Å². The van der Waals surface area contributed by atoms with Gasteiger partial charge in [-0.05, 0) is 70.0 Å². The molecule has 2 atom stereocenters. The number of ether oxygens (including phenoxy) is 1. The van der Waals surface area contributed by atoms with E-state index in [0.29, 0.717) is 23.6 Å². The van der Waals surface area contributed by atoms with E-state index in [1.54, 1.807) is 30.5 Å². The number of hydrogen-bond donors (Lipinski definition) is 2. The number of furan rings is 1. The second-order valence-corrected chi connectivity index (χ2v) is 9.26. The molecule has 0 spiro atoms. The lowest BCUT2D eigenvalue weighted by atomic mass is 10.0. The molecule has 2 N–H and O–H groups in total. The minimum Gasteiger partial charge on any atom is -0.474 e. The van der Waals surface area contributed by atoms with Crippen LogP contribution in [0.2, 0.25) is 0 Å². The molecule has 0 unspecified atom stereocenters. The number of hydrogen-bond acceptors (Lipinski definition) is 7. The van der Waals surface area contributed by atoms with E-state index in [1.165, 1.54) is 0 Å². The highest BCUT2D eigenvalue weighted by Crippen LogP contribution is 2.27. The summed E-state index contributed by atoms with van der Waals surface area (Å²) < 4.78 is 11.3. The number of ketones is 1. The highest BCUT2D eigenvalue weighted by atomic mass is 16.5. The number of benzene rings is 1. The summed E-state index contributed by atoms with van der Waals surface area (Å²) in [6, 6.07) is 9.95. The van der Waals surface area contributed by atoms with Gasteiger partial charge >= 0.3 is 0 Å². The van der Waals surface area contributed by atoms with E-state index in [1.807, 2.05) is 19.1 Å². The SMILES string of the molecule is Cc1ccc2oc(C(=O)C(=O)N[C@H](CN3CCCC3)[C@H](O)c3ccc(OC4CC4)nc3)cc2c1. The van der Waals surface area contributed by atoms with Gasteiger partial charge in [-0.15, -0.1) is 0 Å². The monoisotopic (exact) mass is 463 g/mol. The number of rotatable bonds is 9. The van der Waals surface area contributed by atoms with Gasteiger partial charge in [-0.25, -0.2) is 4.98 Å². The number of carbonyl (C=O) groups is 2. The number of pyridine rings is 1. The number of nitrogens with zero attached hydrogens (tertiary/aromatic N) is 2. The van der Waals surface area contributed by atoms with E-state index in [-0.39, 0.29) is 11.9 Å². The zero-order valence-electron chi connectivity index (χ0n) is 19.2. The summed E-state index contributed by atoms with van der Waals surface area (Å²) in [5, 5.41) is 14.6. The minimum absolute atomic E-state index is 0.0178. The smallest absolute Gasteiger partial charge is 0.296 e. The summed E-state index contributed by atoms with van der Waals surface area (Å²) in [4.78, 5) is 32.2. The lowest BCUT2D eigenvalue weighted by Gasteiger charge is -2.28. The molecular weight excluding hydrogens is 434 g/mol. The normalized spacial score (nSPS) is 18.1. The highest BCUT2D eigenvalue weighted by molar-refractivity contribution is 6.42. The third-order valence-corrected chi connectivity index (χ3v) is 6.37. The van der Waals surface area contributed by atoms with E-state index in [9.17, 15) is 14.7 Å². The number of aryl methyl sites for hydroxylation is 1. The Bertz CT molecular complexity index is 1180. The Morgan fingerprint density at radius 1 is 1.21 bits per heavy atom. The van der Waals surface area contributed by atoms with Crippen LogP contribution in [0.15, 0.2) is 47.0 Å². The summed E-state index contributed by atoms with van der Waals surface area (Å²) in [6.45, 7) is 4.16. The lowest BCUT2D eigenvalue weighted by molar-refractivity contribution is -0.118. The number of aromatic nitrogens is 1. The van der Waals surface area contributed by atoms with Crippen LogP contribution < -0.4 is 10.1 Å². The Morgan fingerprint density at radius 2 is 2.00 bits per heavy atom. The Hall–Kier alpha value is -3.23. The molecule has 1 aliphatic heterocycles. The lowest BCUT2D eigenvalue weighted by Crippen LogP contribution is -2.48. The summed E-state index contributed by atoms with van der Waals surface area (Å²) in [5.41, 5.74) is 2.14. The molecule has 8 heteroatoms. The van der Waals surface area contributed by atoms with Gasteiger partial charge < -0.3 is 24.5 Å². The fourth-order valence-corrected chi connectivity index (χ4v) is 4.31. The molecule has 1 amide bonds. The van der Waals surface area contributed by atoms with E-state index < -0.39 is 23.8 Å². The third kappa shape index (κ3) is 5.13. The van der Waals surface area contributed by atoms with Gasteiger partial charge in [-0.1, -0.05) is 11.6 Å². The summed E-state index contributed by atoms with van der Waals surface area (Å²) in [5.74, 6) is -1.07. The first kappa shape index (κ1) is 22.6. The molecule has 1 aromatic carbocycles. The van der Waals surface area contributed by atoms with Crippen LogP contribution in [-0.4, -0.2) is 58.5 Å². The van der Waals surface area contributed by atoms with Gasteiger partial charge in [0.05, 0.1) is 6.04 Å². The van der Waals surface area contributed by atoms with Crippen LogP contribution in [-0.2, 0) is 4.79 Å². The Kier molecular flexibility index (Phi) is 6.34. The standard InChI is InChI=1S/C26H29N3O5/c1-16-4-8-21-18(12-16)13-22(34-21)25(31)26(32)28-20(15-29-10-2-3-11-29)24(30)17-5-9-23(27-14-17)33-19-6-7-19/h4-5,8-9,12-14,19-20,24,30H,2-3,6-7,10-11,15H2,1H3,(H,28,32)/t20-,24-/m1/s1. The molecule has 2 aliphatic rings. The second kappa shape index (κ2) is 9.56. The van der Waals surface area contributed by atoms with Gasteiger partial charge in [0.25, 0.3) is 11.7 Å². The largest absolute Gasteiger partial charge is 0.474 e. The molecule has 1 aliphatic carbocycles. The molecule has 178 valence electrons. The number of fused-ring (bicyclic) bond motifs is 1. The van der Waals surface area contributed by atoms with Crippen molar-refractivity contribution in [2.24, 2.45) is 0 Å². The quantitative estimate of drug-likeness (QED) is 0.371. The summed E-state index contributed by atoms with van der Waals surface area (Å²) >= 11 is 0. The first-order chi connectivity index (χ1) is 16.5. The van der Waals surface area contributed by atoms with Crippen LogP contribution >= 0.6 is 0 Å². The van der Waals surface area contributed by atoms with Crippen LogP contribution in [0.5, 0.6) is 5.88 Å². The van der Waals surface area contributed by atoms with Crippen molar-refractivity contribution in [2.45, 2.75) is 50.9 Å². The molecule has 3 aromatic rings. The molecule has 0 bridgehead atoms. The Morgan fingerprint density at radius 3 is 2.71 bits per heavy atom. The van der Waals surface area contributed by atoms with Gasteiger partial charge in [-0.2, -0.15) is 0 Å². The van der Waals surface area contributed by atoms with Crippen LogP contribution in [0.3, 0.4) is 0 Å². The van der Waals surface area contributed by atoms with Crippen molar-refractivity contribution in [3.8, 4) is 5.88 Å². The van der Waals surface area contributed by atoms with Crippen molar-refractivity contribution < 1.29 is 23.8 Å². The number of Topliss-reactive ketones (excluding diaryl/α,β-unsaturated/α-hetero) is 1. The van der Waals surface area contributed by atoms with Crippen molar-refractivity contribution in [1.29, 1.82) is 0 Å². The molecule has 3 heterocycles.